The molecule has 0 radical (unpaired) electrons. The second-order valence-corrected chi connectivity index (χ2v) is 7.72. The van der Waals surface area contributed by atoms with Crippen LogP contribution in [0.5, 0.6) is 0 Å². The van der Waals surface area contributed by atoms with Gasteiger partial charge in [-0.2, -0.15) is 0 Å². The zero-order valence-corrected chi connectivity index (χ0v) is 17.2. The topological polar surface area (TPSA) is 55.4 Å². The second-order valence-electron chi connectivity index (χ2n) is 7.72. The van der Waals surface area contributed by atoms with Crippen LogP contribution >= 0.6 is 0 Å². The summed E-state index contributed by atoms with van der Waals surface area (Å²) in [6.07, 6.45) is 0.904. The van der Waals surface area contributed by atoms with Crippen molar-refractivity contribution in [3.05, 3.63) is 0 Å². The summed E-state index contributed by atoms with van der Waals surface area (Å²) in [6, 6.07) is 0. The number of hydrogen-bond acceptors (Lipinski definition) is 6. The molecular weight excluding hydrogens is 324 g/mol. The van der Waals surface area contributed by atoms with Crippen LogP contribution < -0.4 is 0 Å². The maximum Gasteiger partial charge on any atom is 0.0707 e. The van der Waals surface area contributed by atoms with Gasteiger partial charge in [0.25, 0.3) is 0 Å². The van der Waals surface area contributed by atoms with E-state index in [1.807, 2.05) is 20.8 Å². The van der Waals surface area contributed by atoms with Crippen molar-refractivity contribution in [2.24, 2.45) is 0 Å². The van der Waals surface area contributed by atoms with Gasteiger partial charge in [-0.25, -0.2) is 0 Å². The molecule has 152 valence electrons. The summed E-state index contributed by atoms with van der Waals surface area (Å²) in [4.78, 5) is 0. The molecule has 0 atom stereocenters. The molecular formula is C19H40O6. The highest BCUT2D eigenvalue weighted by Gasteiger charge is 2.09. The van der Waals surface area contributed by atoms with Crippen LogP contribution in [0.15, 0.2) is 0 Å². The summed E-state index contributed by atoms with van der Waals surface area (Å²) in [5.74, 6) is 0. The molecule has 0 bridgehead atoms. The van der Waals surface area contributed by atoms with Crippen molar-refractivity contribution >= 4 is 0 Å². The normalized spacial score (nSPS) is 12.7. The zero-order valence-electron chi connectivity index (χ0n) is 17.2. The van der Waals surface area contributed by atoms with Gasteiger partial charge in [0.15, 0.2) is 0 Å². The maximum atomic E-state index is 5.61. The molecule has 0 rings (SSSR count). The summed E-state index contributed by atoms with van der Waals surface area (Å²) in [5, 5.41) is 0. The van der Waals surface area contributed by atoms with E-state index in [1.54, 1.807) is 0 Å². The number of ether oxygens (including phenoxy) is 6. The molecule has 0 aromatic heterocycles. The van der Waals surface area contributed by atoms with Crippen molar-refractivity contribution in [2.45, 2.75) is 59.2 Å². The van der Waals surface area contributed by atoms with E-state index in [-0.39, 0.29) is 11.2 Å². The van der Waals surface area contributed by atoms with E-state index >= 15 is 0 Å². The van der Waals surface area contributed by atoms with Gasteiger partial charge in [0.2, 0.25) is 0 Å². The molecule has 0 aliphatic rings. The van der Waals surface area contributed by atoms with E-state index in [9.17, 15) is 0 Å². The molecule has 0 saturated carbocycles. The fourth-order valence-electron chi connectivity index (χ4n) is 1.71. The molecule has 0 N–H and O–H groups in total. The van der Waals surface area contributed by atoms with Gasteiger partial charge in [-0.05, 0) is 48.0 Å². The van der Waals surface area contributed by atoms with Crippen LogP contribution in [0.25, 0.3) is 0 Å². The van der Waals surface area contributed by atoms with Crippen LogP contribution in [0.1, 0.15) is 48.0 Å². The van der Waals surface area contributed by atoms with Crippen molar-refractivity contribution in [1.29, 1.82) is 0 Å². The fourth-order valence-corrected chi connectivity index (χ4v) is 1.71. The lowest BCUT2D eigenvalue weighted by atomic mass is 10.2. The predicted molar refractivity (Wildman–Crippen MR) is 99.3 cm³/mol. The van der Waals surface area contributed by atoms with Gasteiger partial charge in [0.1, 0.15) is 0 Å². The van der Waals surface area contributed by atoms with Crippen LogP contribution in [0.2, 0.25) is 0 Å². The Morgan fingerprint density at radius 3 is 1.12 bits per heavy atom. The van der Waals surface area contributed by atoms with E-state index in [1.165, 1.54) is 0 Å². The lowest BCUT2D eigenvalue weighted by molar-refractivity contribution is -0.0463. The van der Waals surface area contributed by atoms with Gasteiger partial charge in [0.05, 0.1) is 64.1 Å². The lowest BCUT2D eigenvalue weighted by Crippen LogP contribution is -2.22. The lowest BCUT2D eigenvalue weighted by Gasteiger charge is -2.19. The van der Waals surface area contributed by atoms with Crippen LogP contribution in [0.4, 0.5) is 0 Å². The molecule has 0 heterocycles. The van der Waals surface area contributed by atoms with Gasteiger partial charge < -0.3 is 28.4 Å². The molecule has 0 spiro atoms. The summed E-state index contributed by atoms with van der Waals surface area (Å²) in [5.41, 5.74) is -0.185. The first-order valence-corrected chi connectivity index (χ1v) is 9.29. The van der Waals surface area contributed by atoms with Crippen molar-refractivity contribution in [3.8, 4) is 0 Å². The van der Waals surface area contributed by atoms with E-state index in [0.29, 0.717) is 59.5 Å². The maximum absolute atomic E-state index is 5.61. The summed E-state index contributed by atoms with van der Waals surface area (Å²) in [7, 11) is 0. The summed E-state index contributed by atoms with van der Waals surface area (Å²) >= 11 is 0. The molecule has 0 amide bonds. The molecule has 0 aromatic rings. The van der Waals surface area contributed by atoms with E-state index < -0.39 is 0 Å². The molecule has 6 heteroatoms. The molecule has 0 saturated heterocycles. The predicted octanol–water partition coefficient (Wildman–Crippen LogP) is 3.07. The molecule has 0 fully saturated rings. The summed E-state index contributed by atoms with van der Waals surface area (Å²) < 4.78 is 32.9. The van der Waals surface area contributed by atoms with Crippen LogP contribution in [0, 0.1) is 0 Å². The highest BCUT2D eigenvalue weighted by Crippen LogP contribution is 2.06. The Balaban J connectivity index is 3.08. The third-order valence-electron chi connectivity index (χ3n) is 2.85. The Morgan fingerprint density at radius 1 is 0.400 bits per heavy atom. The van der Waals surface area contributed by atoms with E-state index in [0.717, 1.165) is 13.0 Å². The third kappa shape index (κ3) is 23.8. The quantitative estimate of drug-likeness (QED) is 0.392. The second kappa shape index (κ2) is 14.9. The zero-order chi connectivity index (χ0) is 19.0. The third-order valence-corrected chi connectivity index (χ3v) is 2.85. The van der Waals surface area contributed by atoms with Crippen LogP contribution in [-0.4, -0.2) is 77.3 Å². The van der Waals surface area contributed by atoms with Crippen molar-refractivity contribution in [1.82, 2.24) is 0 Å². The average Bonchev–Trinajstić information content (AvgIpc) is 2.48. The van der Waals surface area contributed by atoms with Gasteiger partial charge in [0, 0.05) is 13.2 Å². The highest BCUT2D eigenvalue weighted by atomic mass is 16.6. The Kier molecular flexibility index (Phi) is 14.7. The highest BCUT2D eigenvalue weighted by molar-refractivity contribution is 4.58. The van der Waals surface area contributed by atoms with Gasteiger partial charge >= 0.3 is 0 Å². The van der Waals surface area contributed by atoms with Crippen molar-refractivity contribution in [2.75, 3.05) is 66.1 Å². The molecule has 6 nitrogen and oxygen atoms in total. The van der Waals surface area contributed by atoms with E-state index in [2.05, 4.69) is 20.8 Å². The van der Waals surface area contributed by atoms with Crippen molar-refractivity contribution in [3.63, 3.8) is 0 Å². The van der Waals surface area contributed by atoms with Crippen molar-refractivity contribution < 1.29 is 28.4 Å². The minimum atomic E-state index is -0.110. The summed E-state index contributed by atoms with van der Waals surface area (Å²) in [6.45, 7) is 18.4. The minimum absolute atomic E-state index is 0.0750. The smallest absolute Gasteiger partial charge is 0.0707 e. The van der Waals surface area contributed by atoms with Gasteiger partial charge in [-0.15, -0.1) is 0 Å². The Bertz CT molecular complexity index is 255. The SMILES string of the molecule is CC(C)(C)OCCCOCCOCCOCCOCCOC(C)(C)C. The van der Waals surface area contributed by atoms with Crippen LogP contribution in [-0.2, 0) is 28.4 Å². The molecule has 0 aliphatic carbocycles. The first-order valence-electron chi connectivity index (χ1n) is 9.29. The average molecular weight is 365 g/mol. The molecule has 0 aromatic carbocycles. The van der Waals surface area contributed by atoms with E-state index in [4.69, 9.17) is 28.4 Å². The molecule has 0 unspecified atom stereocenters. The largest absolute Gasteiger partial charge is 0.379 e. The Labute approximate surface area is 154 Å². The Morgan fingerprint density at radius 2 is 0.720 bits per heavy atom. The van der Waals surface area contributed by atoms with Gasteiger partial charge in [-0.1, -0.05) is 0 Å². The monoisotopic (exact) mass is 364 g/mol. The molecule has 0 aliphatic heterocycles. The molecule has 25 heavy (non-hydrogen) atoms. The first kappa shape index (κ1) is 24.8. The standard InChI is InChI=1S/C19H40O6/c1-18(2,3)24-9-7-8-20-10-11-21-12-13-22-14-15-23-16-17-25-19(4,5)6/h7-17H2,1-6H3. The first-order chi connectivity index (χ1) is 11.7. The van der Waals surface area contributed by atoms with Gasteiger partial charge in [-0.3, -0.25) is 0 Å². The minimum Gasteiger partial charge on any atom is -0.379 e. The number of rotatable bonds is 16. The fraction of sp³-hybridized carbons (Fsp3) is 1.00. The Hall–Kier alpha value is -0.240. The number of hydrogen-bond donors (Lipinski definition) is 0. The van der Waals surface area contributed by atoms with Crippen LogP contribution in [0.3, 0.4) is 0 Å².